The third kappa shape index (κ3) is 4.06. The molecule has 3 aromatic rings. The summed E-state index contributed by atoms with van der Waals surface area (Å²) in [4.78, 5) is 11.1. The molecule has 0 atom stereocenters. The maximum atomic E-state index is 11.1. The van der Waals surface area contributed by atoms with Gasteiger partial charge in [0.25, 0.3) is 0 Å². The van der Waals surface area contributed by atoms with Crippen molar-refractivity contribution >= 4 is 39.2 Å². The van der Waals surface area contributed by atoms with Crippen molar-refractivity contribution in [2.24, 2.45) is 0 Å². The normalized spacial score (nSPS) is 10.7. The van der Waals surface area contributed by atoms with Crippen molar-refractivity contribution in [2.75, 3.05) is 5.32 Å². The second-order valence-electron chi connectivity index (χ2n) is 5.58. The molecule has 1 aromatic heterocycles. The lowest BCUT2D eigenvalue weighted by Crippen LogP contribution is -2.03. The Morgan fingerprint density at radius 2 is 2.00 bits per heavy atom. The van der Waals surface area contributed by atoms with Gasteiger partial charge in [-0.05, 0) is 55.0 Å². The van der Waals surface area contributed by atoms with Crippen LogP contribution in [0.4, 0.5) is 5.69 Å². The highest BCUT2D eigenvalue weighted by atomic mass is 79.9. The number of rotatable bonds is 5. The Morgan fingerprint density at radius 1 is 1.20 bits per heavy atom. The van der Waals surface area contributed by atoms with Gasteiger partial charge >= 0.3 is 5.97 Å². The summed E-state index contributed by atoms with van der Waals surface area (Å²) >= 11 is 9.63. The Morgan fingerprint density at radius 3 is 2.72 bits per heavy atom. The number of aryl methyl sites for hydroxylation is 1. The summed E-state index contributed by atoms with van der Waals surface area (Å²) in [6.45, 7) is 2.36. The first-order valence-corrected chi connectivity index (χ1v) is 8.73. The summed E-state index contributed by atoms with van der Waals surface area (Å²) in [5, 5.41) is 12.9. The molecule has 0 unspecified atom stereocenters. The monoisotopic (exact) mass is 419 g/mol. The van der Waals surface area contributed by atoms with Crippen LogP contribution in [0.5, 0.6) is 0 Å². The van der Waals surface area contributed by atoms with Crippen molar-refractivity contribution in [3.63, 3.8) is 0 Å². The second kappa shape index (κ2) is 7.33. The molecule has 0 saturated heterocycles. The fourth-order valence-corrected chi connectivity index (χ4v) is 3.20. The maximum absolute atomic E-state index is 11.1. The van der Waals surface area contributed by atoms with E-state index in [9.17, 15) is 4.79 Å². The first-order chi connectivity index (χ1) is 11.9. The van der Waals surface area contributed by atoms with Gasteiger partial charge in [-0.3, -0.25) is 0 Å². The van der Waals surface area contributed by atoms with Crippen molar-refractivity contribution in [1.29, 1.82) is 0 Å². The minimum Gasteiger partial charge on any atom is -0.478 e. The van der Waals surface area contributed by atoms with Crippen LogP contribution in [0.3, 0.4) is 0 Å². The number of aromatic carboxylic acids is 1. The van der Waals surface area contributed by atoms with E-state index in [2.05, 4.69) is 21.2 Å². The zero-order valence-corrected chi connectivity index (χ0v) is 15.7. The molecular formula is C19H15BrClNO3. The number of hydrogen-bond donors (Lipinski definition) is 2. The molecule has 128 valence electrons. The summed E-state index contributed by atoms with van der Waals surface area (Å²) in [6.07, 6.45) is 0. The molecule has 0 radical (unpaired) electrons. The highest BCUT2D eigenvalue weighted by Crippen LogP contribution is 2.32. The molecule has 3 rings (SSSR count). The molecule has 0 aliphatic carbocycles. The van der Waals surface area contributed by atoms with E-state index in [-0.39, 0.29) is 5.56 Å². The largest absolute Gasteiger partial charge is 0.478 e. The maximum Gasteiger partial charge on any atom is 0.335 e. The Bertz CT molecular complexity index is 936. The lowest BCUT2D eigenvalue weighted by molar-refractivity contribution is 0.0697. The van der Waals surface area contributed by atoms with Crippen molar-refractivity contribution < 1.29 is 14.3 Å². The number of nitrogens with one attached hydrogen (secondary N) is 1. The molecule has 2 N–H and O–H groups in total. The van der Waals surface area contributed by atoms with Gasteiger partial charge in [0.1, 0.15) is 11.5 Å². The predicted octanol–water partition coefficient (Wildman–Crippen LogP) is 5.98. The van der Waals surface area contributed by atoms with Gasteiger partial charge in [-0.1, -0.05) is 33.6 Å². The van der Waals surface area contributed by atoms with Gasteiger partial charge in [0.05, 0.1) is 17.1 Å². The first kappa shape index (κ1) is 17.6. The van der Waals surface area contributed by atoms with E-state index in [1.54, 1.807) is 18.2 Å². The van der Waals surface area contributed by atoms with Crippen LogP contribution in [-0.4, -0.2) is 11.1 Å². The number of carboxylic acids is 1. The summed E-state index contributed by atoms with van der Waals surface area (Å²) in [5.74, 6) is 0.465. The van der Waals surface area contributed by atoms with Crippen molar-refractivity contribution in [2.45, 2.75) is 13.5 Å². The standard InChI is InChI=1S/C19H15BrClNO3/c1-11-2-3-12(19(23)24)8-17(11)22-10-14-5-7-18(25-14)15-6-4-13(20)9-16(15)21/h2-9,22H,10H2,1H3,(H,23,24). The topological polar surface area (TPSA) is 62.5 Å². The number of furan rings is 1. The van der Waals surface area contributed by atoms with Gasteiger partial charge in [-0.2, -0.15) is 0 Å². The van der Waals surface area contributed by atoms with Gasteiger partial charge in [0, 0.05) is 15.7 Å². The molecule has 0 amide bonds. The predicted molar refractivity (Wildman–Crippen MR) is 102 cm³/mol. The SMILES string of the molecule is Cc1ccc(C(=O)O)cc1NCc1ccc(-c2ccc(Br)cc2Cl)o1. The van der Waals surface area contributed by atoms with Gasteiger partial charge < -0.3 is 14.8 Å². The molecule has 0 bridgehead atoms. The fraction of sp³-hybridized carbons (Fsp3) is 0.105. The lowest BCUT2D eigenvalue weighted by Gasteiger charge is -2.09. The van der Waals surface area contributed by atoms with Crippen LogP contribution in [0.2, 0.25) is 5.02 Å². The summed E-state index contributed by atoms with van der Waals surface area (Å²) < 4.78 is 6.76. The number of anilines is 1. The molecule has 6 heteroatoms. The summed E-state index contributed by atoms with van der Waals surface area (Å²) in [5.41, 5.74) is 2.79. The van der Waals surface area contributed by atoms with Crippen molar-refractivity contribution in [1.82, 2.24) is 0 Å². The Hall–Kier alpha value is -2.24. The highest BCUT2D eigenvalue weighted by Gasteiger charge is 2.10. The molecule has 0 aliphatic rings. The zero-order valence-electron chi connectivity index (χ0n) is 13.3. The number of carboxylic acid groups (broad SMARTS) is 1. The number of carbonyl (C=O) groups is 1. The van der Waals surface area contributed by atoms with Crippen molar-refractivity contribution in [3.8, 4) is 11.3 Å². The van der Waals surface area contributed by atoms with Crippen molar-refractivity contribution in [3.05, 3.63) is 74.9 Å². The molecule has 2 aromatic carbocycles. The fourth-order valence-electron chi connectivity index (χ4n) is 2.43. The van der Waals surface area contributed by atoms with Gasteiger partial charge in [0.15, 0.2) is 0 Å². The van der Waals surface area contributed by atoms with Crippen LogP contribution >= 0.6 is 27.5 Å². The van der Waals surface area contributed by atoms with E-state index >= 15 is 0 Å². The summed E-state index contributed by atoms with van der Waals surface area (Å²) in [6, 6.07) is 14.3. The number of halogens is 2. The van der Waals surface area contributed by atoms with E-state index in [1.807, 2.05) is 37.3 Å². The van der Waals surface area contributed by atoms with Gasteiger partial charge in [-0.25, -0.2) is 4.79 Å². The number of hydrogen-bond acceptors (Lipinski definition) is 3. The van der Waals surface area contributed by atoms with Gasteiger partial charge in [-0.15, -0.1) is 0 Å². The third-order valence-electron chi connectivity index (χ3n) is 3.80. The second-order valence-corrected chi connectivity index (χ2v) is 6.90. The third-order valence-corrected chi connectivity index (χ3v) is 4.60. The van der Waals surface area contributed by atoms with E-state index in [1.165, 1.54) is 0 Å². The average Bonchev–Trinajstić information content (AvgIpc) is 3.02. The van der Waals surface area contributed by atoms with Crippen LogP contribution in [0.25, 0.3) is 11.3 Å². The smallest absolute Gasteiger partial charge is 0.335 e. The molecule has 0 fully saturated rings. The molecular weight excluding hydrogens is 406 g/mol. The molecule has 0 saturated carbocycles. The van der Waals surface area contributed by atoms with E-state index < -0.39 is 5.97 Å². The molecule has 4 nitrogen and oxygen atoms in total. The summed E-state index contributed by atoms with van der Waals surface area (Å²) in [7, 11) is 0. The first-order valence-electron chi connectivity index (χ1n) is 7.56. The molecule has 1 heterocycles. The van der Waals surface area contributed by atoms with Crippen LogP contribution in [0.15, 0.2) is 57.4 Å². The lowest BCUT2D eigenvalue weighted by atomic mass is 10.1. The molecule has 0 aliphatic heterocycles. The Labute approximate surface area is 158 Å². The van der Waals surface area contributed by atoms with E-state index in [4.69, 9.17) is 21.1 Å². The minimum atomic E-state index is -0.951. The van der Waals surface area contributed by atoms with Crippen LogP contribution < -0.4 is 5.32 Å². The van der Waals surface area contributed by atoms with Crippen LogP contribution in [0.1, 0.15) is 21.7 Å². The van der Waals surface area contributed by atoms with E-state index in [0.29, 0.717) is 17.3 Å². The molecule has 0 spiro atoms. The Kier molecular flexibility index (Phi) is 5.16. The van der Waals surface area contributed by atoms with Crippen LogP contribution in [-0.2, 0) is 6.54 Å². The minimum absolute atomic E-state index is 0.245. The highest BCUT2D eigenvalue weighted by molar-refractivity contribution is 9.10. The van der Waals surface area contributed by atoms with Crippen LogP contribution in [0, 0.1) is 6.92 Å². The van der Waals surface area contributed by atoms with E-state index in [0.717, 1.165) is 27.0 Å². The zero-order chi connectivity index (χ0) is 18.0. The quantitative estimate of drug-likeness (QED) is 0.533. The Balaban J connectivity index is 1.76. The molecule has 25 heavy (non-hydrogen) atoms. The van der Waals surface area contributed by atoms with Gasteiger partial charge in [0.2, 0.25) is 0 Å². The average molecular weight is 421 g/mol. The number of benzene rings is 2.